The van der Waals surface area contributed by atoms with Gasteiger partial charge >= 0.3 is 0 Å². The molecule has 8 heteroatoms. The van der Waals surface area contributed by atoms with Crippen molar-refractivity contribution in [3.05, 3.63) is 42.4 Å². The number of nitrogens with one attached hydrogen (secondary N) is 1. The molecule has 7 nitrogen and oxygen atoms in total. The number of sulfonamides is 1. The van der Waals surface area contributed by atoms with Crippen LogP contribution in [0.5, 0.6) is 5.75 Å². The van der Waals surface area contributed by atoms with Gasteiger partial charge in [0, 0.05) is 19.8 Å². The number of hydrogen-bond donors (Lipinski definition) is 1. The van der Waals surface area contributed by atoms with Gasteiger partial charge in [0.05, 0.1) is 13.4 Å². The molecule has 0 spiro atoms. The molecule has 118 valence electrons. The summed E-state index contributed by atoms with van der Waals surface area (Å²) in [5, 5.41) is 2.58. The van der Waals surface area contributed by atoms with Gasteiger partial charge in [-0.25, -0.2) is 12.7 Å². The second kappa shape index (κ2) is 6.20. The van der Waals surface area contributed by atoms with Crippen LogP contribution in [0, 0.1) is 0 Å². The van der Waals surface area contributed by atoms with Crippen molar-refractivity contribution in [2.24, 2.45) is 0 Å². The van der Waals surface area contributed by atoms with Crippen LogP contribution in [-0.4, -0.2) is 39.8 Å². The number of furan rings is 1. The van der Waals surface area contributed by atoms with Gasteiger partial charge < -0.3 is 14.5 Å². The van der Waals surface area contributed by atoms with Crippen molar-refractivity contribution >= 4 is 21.6 Å². The first-order valence-electron chi connectivity index (χ1n) is 6.31. The molecular weight excluding hydrogens is 308 g/mol. The van der Waals surface area contributed by atoms with Crippen molar-refractivity contribution in [1.29, 1.82) is 0 Å². The summed E-state index contributed by atoms with van der Waals surface area (Å²) in [5.74, 6) is -0.138. The van der Waals surface area contributed by atoms with E-state index in [1.54, 1.807) is 12.1 Å². The van der Waals surface area contributed by atoms with E-state index in [9.17, 15) is 13.2 Å². The molecule has 1 N–H and O–H groups in total. The van der Waals surface area contributed by atoms with Crippen molar-refractivity contribution in [1.82, 2.24) is 4.31 Å². The molecule has 0 bridgehead atoms. The predicted molar refractivity (Wildman–Crippen MR) is 80.5 cm³/mol. The molecule has 0 saturated carbocycles. The first-order chi connectivity index (χ1) is 10.4. The van der Waals surface area contributed by atoms with Crippen LogP contribution < -0.4 is 10.1 Å². The number of carbonyl (C=O) groups excluding carboxylic acids is 1. The van der Waals surface area contributed by atoms with Gasteiger partial charge in [0.25, 0.3) is 5.91 Å². The van der Waals surface area contributed by atoms with Crippen molar-refractivity contribution < 1.29 is 22.4 Å². The molecule has 0 atom stereocenters. The lowest BCUT2D eigenvalue weighted by atomic mass is 10.3. The number of nitrogens with zero attached hydrogens (tertiary/aromatic N) is 1. The lowest BCUT2D eigenvalue weighted by molar-refractivity contribution is 0.0996. The summed E-state index contributed by atoms with van der Waals surface area (Å²) in [6.45, 7) is 0. The van der Waals surface area contributed by atoms with E-state index in [4.69, 9.17) is 9.15 Å². The number of methoxy groups -OCH3 is 1. The third kappa shape index (κ3) is 3.12. The van der Waals surface area contributed by atoms with Crippen LogP contribution in [0.15, 0.2) is 45.9 Å². The minimum atomic E-state index is -3.70. The minimum absolute atomic E-state index is 0.0303. The number of hydrogen-bond acceptors (Lipinski definition) is 5. The maximum absolute atomic E-state index is 12.3. The molecular formula is C14H16N2O5S. The Morgan fingerprint density at radius 2 is 2.00 bits per heavy atom. The Morgan fingerprint density at radius 1 is 1.27 bits per heavy atom. The first-order valence-corrected chi connectivity index (χ1v) is 7.75. The third-order valence-corrected chi connectivity index (χ3v) is 4.76. The number of carbonyl (C=O) groups is 1. The predicted octanol–water partition coefficient (Wildman–Crippen LogP) is 1.79. The summed E-state index contributed by atoms with van der Waals surface area (Å²) in [6.07, 6.45) is 1.38. The zero-order valence-electron chi connectivity index (χ0n) is 12.4. The van der Waals surface area contributed by atoms with Gasteiger partial charge in [-0.15, -0.1) is 0 Å². The van der Waals surface area contributed by atoms with E-state index in [2.05, 4.69) is 5.32 Å². The number of rotatable bonds is 5. The molecule has 0 fully saturated rings. The van der Waals surface area contributed by atoms with Crippen LogP contribution in [0.3, 0.4) is 0 Å². The topological polar surface area (TPSA) is 88.8 Å². The Hall–Kier alpha value is -2.32. The fraction of sp³-hybridized carbons (Fsp3) is 0.214. The van der Waals surface area contributed by atoms with Crippen LogP contribution in [0.25, 0.3) is 0 Å². The monoisotopic (exact) mass is 324 g/mol. The van der Waals surface area contributed by atoms with Crippen molar-refractivity contribution in [3.8, 4) is 5.75 Å². The quantitative estimate of drug-likeness (QED) is 0.906. The molecule has 1 heterocycles. The lowest BCUT2D eigenvalue weighted by Crippen LogP contribution is -2.23. The van der Waals surface area contributed by atoms with Gasteiger partial charge in [0.1, 0.15) is 10.6 Å². The molecule has 1 amide bonds. The molecule has 1 aromatic heterocycles. The largest absolute Gasteiger partial charge is 0.495 e. The van der Waals surface area contributed by atoms with Gasteiger partial charge in [-0.3, -0.25) is 4.79 Å². The molecule has 0 aliphatic rings. The summed E-state index contributed by atoms with van der Waals surface area (Å²) in [4.78, 5) is 11.9. The van der Waals surface area contributed by atoms with Crippen molar-refractivity contribution in [2.75, 3.05) is 26.5 Å². The zero-order chi connectivity index (χ0) is 16.3. The van der Waals surface area contributed by atoms with E-state index in [1.165, 1.54) is 45.7 Å². The van der Waals surface area contributed by atoms with Crippen LogP contribution in [0.1, 0.15) is 10.6 Å². The molecule has 0 saturated heterocycles. The normalized spacial score (nSPS) is 11.5. The SMILES string of the molecule is COc1ccc(NC(=O)c2ccco2)cc1S(=O)(=O)N(C)C. The smallest absolute Gasteiger partial charge is 0.291 e. The van der Waals surface area contributed by atoms with Gasteiger partial charge in [0.15, 0.2) is 5.76 Å². The van der Waals surface area contributed by atoms with E-state index < -0.39 is 15.9 Å². The summed E-state index contributed by atoms with van der Waals surface area (Å²) in [7, 11) is 0.521. The summed E-state index contributed by atoms with van der Waals surface area (Å²) in [5.41, 5.74) is 0.322. The van der Waals surface area contributed by atoms with Crippen LogP contribution in [0.4, 0.5) is 5.69 Å². The Labute approximate surface area is 128 Å². The number of ether oxygens (including phenoxy) is 1. The lowest BCUT2D eigenvalue weighted by Gasteiger charge is -2.15. The maximum Gasteiger partial charge on any atom is 0.291 e. The van der Waals surface area contributed by atoms with E-state index in [-0.39, 0.29) is 16.4 Å². The Kier molecular flexibility index (Phi) is 4.53. The van der Waals surface area contributed by atoms with Crippen LogP contribution in [-0.2, 0) is 10.0 Å². The van der Waals surface area contributed by atoms with Crippen molar-refractivity contribution in [3.63, 3.8) is 0 Å². The zero-order valence-corrected chi connectivity index (χ0v) is 13.2. The van der Waals surface area contributed by atoms with Gasteiger partial charge in [-0.05, 0) is 30.3 Å². The van der Waals surface area contributed by atoms with Gasteiger partial charge in [0.2, 0.25) is 10.0 Å². The Bertz CT molecular complexity index is 767. The number of anilines is 1. The first kappa shape index (κ1) is 16.1. The highest BCUT2D eigenvalue weighted by Crippen LogP contribution is 2.29. The fourth-order valence-corrected chi connectivity index (χ4v) is 2.83. The standard InChI is InChI=1S/C14H16N2O5S/c1-16(2)22(18,19)13-9-10(6-7-11(13)20-3)15-14(17)12-5-4-8-21-12/h4-9H,1-3H3,(H,15,17). The van der Waals surface area contributed by atoms with Crippen molar-refractivity contribution in [2.45, 2.75) is 4.90 Å². The minimum Gasteiger partial charge on any atom is -0.495 e. The highest BCUT2D eigenvalue weighted by molar-refractivity contribution is 7.89. The van der Waals surface area contributed by atoms with E-state index in [0.717, 1.165) is 4.31 Å². The van der Waals surface area contributed by atoms with E-state index in [1.807, 2.05) is 0 Å². The summed E-state index contributed by atoms with van der Waals surface area (Å²) < 4.78 is 35.7. The fourth-order valence-electron chi connectivity index (χ4n) is 1.75. The highest BCUT2D eigenvalue weighted by atomic mass is 32.2. The molecule has 0 aliphatic carbocycles. The molecule has 2 aromatic rings. The molecule has 0 unspecified atom stereocenters. The molecule has 0 radical (unpaired) electrons. The Balaban J connectivity index is 2.38. The van der Waals surface area contributed by atoms with Crippen LogP contribution >= 0.6 is 0 Å². The second-order valence-corrected chi connectivity index (χ2v) is 6.70. The van der Waals surface area contributed by atoms with Crippen LogP contribution in [0.2, 0.25) is 0 Å². The van der Waals surface area contributed by atoms with Gasteiger partial charge in [-0.1, -0.05) is 0 Å². The van der Waals surface area contributed by atoms with E-state index >= 15 is 0 Å². The average molecular weight is 324 g/mol. The Morgan fingerprint density at radius 3 is 2.55 bits per heavy atom. The third-order valence-electron chi connectivity index (χ3n) is 2.93. The summed E-state index contributed by atoms with van der Waals surface area (Å²) >= 11 is 0. The molecule has 22 heavy (non-hydrogen) atoms. The maximum atomic E-state index is 12.3. The van der Waals surface area contributed by atoms with Gasteiger partial charge in [-0.2, -0.15) is 0 Å². The summed E-state index contributed by atoms with van der Waals surface area (Å²) in [6, 6.07) is 7.47. The molecule has 0 aliphatic heterocycles. The van der Waals surface area contributed by atoms with E-state index in [0.29, 0.717) is 5.69 Å². The highest BCUT2D eigenvalue weighted by Gasteiger charge is 2.23. The molecule has 2 rings (SSSR count). The number of amides is 1. The average Bonchev–Trinajstić information content (AvgIpc) is 3.01. The molecule has 1 aromatic carbocycles. The second-order valence-electron chi connectivity index (χ2n) is 4.58. The number of benzene rings is 1.